The van der Waals surface area contributed by atoms with Gasteiger partial charge in [0.1, 0.15) is 5.82 Å². The molecule has 86 valence electrons. The topological polar surface area (TPSA) is 94.9 Å². The van der Waals surface area contributed by atoms with Gasteiger partial charge in [0, 0.05) is 18.0 Å². The third-order valence-electron chi connectivity index (χ3n) is 1.69. The van der Waals surface area contributed by atoms with E-state index in [9.17, 15) is 12.8 Å². The van der Waals surface area contributed by atoms with Crippen LogP contribution in [0.1, 0.15) is 0 Å². The molecule has 1 N–H and O–H groups in total. The molecule has 1 rings (SSSR count). The lowest BCUT2D eigenvalue weighted by Gasteiger charge is -2.04. The van der Waals surface area contributed by atoms with Crippen molar-refractivity contribution in [1.82, 2.24) is 4.72 Å². The monoisotopic (exact) mass is 244 g/mol. The van der Waals surface area contributed by atoms with Crippen molar-refractivity contribution in [2.24, 2.45) is 5.11 Å². The van der Waals surface area contributed by atoms with Gasteiger partial charge in [-0.2, -0.15) is 0 Å². The molecular formula is C8H9FN4O2S. The molecule has 0 aliphatic carbocycles. The smallest absolute Gasteiger partial charge is 0.211 e. The molecule has 16 heavy (non-hydrogen) atoms. The second kappa shape index (κ2) is 5.45. The van der Waals surface area contributed by atoms with Crippen LogP contribution in [-0.2, 0) is 10.0 Å². The Morgan fingerprint density at radius 1 is 1.38 bits per heavy atom. The number of benzene rings is 1. The Bertz CT molecular complexity index is 493. The first-order valence-corrected chi connectivity index (χ1v) is 5.80. The van der Waals surface area contributed by atoms with Crippen LogP contribution < -0.4 is 4.72 Å². The third-order valence-corrected chi connectivity index (χ3v) is 3.17. The summed E-state index contributed by atoms with van der Waals surface area (Å²) in [6, 6.07) is 4.43. The molecular weight excluding hydrogens is 235 g/mol. The van der Waals surface area contributed by atoms with Gasteiger partial charge < -0.3 is 0 Å². The highest BCUT2D eigenvalue weighted by Crippen LogP contribution is 2.08. The first-order valence-electron chi connectivity index (χ1n) is 4.32. The summed E-state index contributed by atoms with van der Waals surface area (Å²) in [5, 5.41) is 3.18. The second-order valence-electron chi connectivity index (χ2n) is 2.81. The summed E-state index contributed by atoms with van der Waals surface area (Å²) in [6.07, 6.45) is 0. The first kappa shape index (κ1) is 12.4. The maximum Gasteiger partial charge on any atom is 0.240 e. The summed E-state index contributed by atoms with van der Waals surface area (Å²) < 4.78 is 37.8. The van der Waals surface area contributed by atoms with E-state index >= 15 is 0 Å². The standard InChI is InChI=1S/C8H9FN4O2S/c9-7-1-3-8(4-2-7)16(14,15)12-6-5-11-13-10/h1-4,12H,5-6H2. The number of halogens is 1. The van der Waals surface area contributed by atoms with E-state index in [-0.39, 0.29) is 18.0 Å². The lowest BCUT2D eigenvalue weighted by molar-refractivity contribution is 0.581. The minimum atomic E-state index is -3.66. The molecule has 0 unspecified atom stereocenters. The number of azide groups is 1. The fourth-order valence-electron chi connectivity index (χ4n) is 0.972. The van der Waals surface area contributed by atoms with Crippen LogP contribution in [-0.4, -0.2) is 21.5 Å². The average Bonchev–Trinajstić information content (AvgIpc) is 2.25. The molecule has 0 spiro atoms. The summed E-state index contributed by atoms with van der Waals surface area (Å²) in [6.45, 7) is 0.0285. The van der Waals surface area contributed by atoms with Gasteiger partial charge in [-0.05, 0) is 29.8 Å². The number of rotatable bonds is 5. The highest BCUT2D eigenvalue weighted by Gasteiger charge is 2.12. The molecule has 0 bridgehead atoms. The van der Waals surface area contributed by atoms with Gasteiger partial charge in [0.05, 0.1) is 4.90 Å². The van der Waals surface area contributed by atoms with Gasteiger partial charge in [-0.25, -0.2) is 17.5 Å². The molecule has 0 atom stereocenters. The van der Waals surface area contributed by atoms with Gasteiger partial charge in [0.25, 0.3) is 0 Å². The Morgan fingerprint density at radius 3 is 2.56 bits per heavy atom. The third kappa shape index (κ3) is 3.50. The van der Waals surface area contributed by atoms with Crippen LogP contribution in [0.4, 0.5) is 4.39 Å². The highest BCUT2D eigenvalue weighted by molar-refractivity contribution is 7.89. The Hall–Kier alpha value is -1.63. The van der Waals surface area contributed by atoms with Crippen molar-refractivity contribution in [3.8, 4) is 0 Å². The molecule has 0 heterocycles. The molecule has 0 aliphatic heterocycles. The van der Waals surface area contributed by atoms with E-state index in [1.54, 1.807) is 0 Å². The quantitative estimate of drug-likeness (QED) is 0.367. The van der Waals surface area contributed by atoms with Gasteiger partial charge in [-0.1, -0.05) is 5.11 Å². The van der Waals surface area contributed by atoms with Crippen LogP contribution in [0.2, 0.25) is 0 Å². The summed E-state index contributed by atoms with van der Waals surface area (Å²) in [5.41, 5.74) is 7.98. The molecule has 0 aromatic heterocycles. The molecule has 0 aliphatic rings. The summed E-state index contributed by atoms with van der Waals surface area (Å²) in [5.74, 6) is -0.506. The minimum absolute atomic E-state index is 0.00374. The van der Waals surface area contributed by atoms with Crippen LogP contribution in [0.5, 0.6) is 0 Å². The molecule has 1 aromatic carbocycles. The average molecular weight is 244 g/mol. The van der Waals surface area contributed by atoms with E-state index in [4.69, 9.17) is 5.53 Å². The largest absolute Gasteiger partial charge is 0.240 e. The Labute approximate surface area is 91.8 Å². The predicted molar refractivity (Wildman–Crippen MR) is 55.6 cm³/mol. The van der Waals surface area contributed by atoms with Crippen molar-refractivity contribution in [3.05, 3.63) is 40.5 Å². The lowest BCUT2D eigenvalue weighted by atomic mass is 10.4. The number of hydrogen-bond donors (Lipinski definition) is 1. The second-order valence-corrected chi connectivity index (χ2v) is 4.57. The summed E-state index contributed by atoms with van der Waals surface area (Å²) in [7, 11) is -3.66. The van der Waals surface area contributed by atoms with Gasteiger partial charge in [-0.15, -0.1) is 0 Å². The van der Waals surface area contributed by atoms with Crippen molar-refractivity contribution in [3.63, 3.8) is 0 Å². The fourth-order valence-corrected chi connectivity index (χ4v) is 1.99. The van der Waals surface area contributed by atoms with Crippen LogP contribution in [0, 0.1) is 5.82 Å². The molecule has 0 amide bonds. The minimum Gasteiger partial charge on any atom is -0.211 e. The summed E-state index contributed by atoms with van der Waals surface area (Å²) in [4.78, 5) is 2.45. The van der Waals surface area contributed by atoms with Crippen molar-refractivity contribution < 1.29 is 12.8 Å². The van der Waals surface area contributed by atoms with Gasteiger partial charge in [0.2, 0.25) is 10.0 Å². The number of nitrogens with zero attached hydrogens (tertiary/aromatic N) is 3. The fraction of sp³-hybridized carbons (Fsp3) is 0.250. The summed E-state index contributed by atoms with van der Waals surface area (Å²) >= 11 is 0. The van der Waals surface area contributed by atoms with E-state index in [0.717, 1.165) is 24.3 Å². The van der Waals surface area contributed by atoms with Crippen molar-refractivity contribution in [1.29, 1.82) is 0 Å². The van der Waals surface area contributed by atoms with Crippen molar-refractivity contribution >= 4 is 10.0 Å². The van der Waals surface area contributed by atoms with Crippen LogP contribution in [0.15, 0.2) is 34.3 Å². The zero-order chi connectivity index (χ0) is 12.0. The van der Waals surface area contributed by atoms with E-state index in [1.807, 2.05) is 0 Å². The molecule has 0 saturated carbocycles. The normalized spacial score (nSPS) is 10.8. The maximum absolute atomic E-state index is 12.6. The van der Waals surface area contributed by atoms with E-state index < -0.39 is 15.8 Å². The molecule has 8 heteroatoms. The van der Waals surface area contributed by atoms with Gasteiger partial charge in [-0.3, -0.25) is 0 Å². The molecule has 0 saturated heterocycles. The van der Waals surface area contributed by atoms with Crippen LogP contribution in [0.25, 0.3) is 10.4 Å². The zero-order valence-corrected chi connectivity index (χ0v) is 8.98. The Kier molecular flexibility index (Phi) is 4.24. The van der Waals surface area contributed by atoms with Gasteiger partial charge in [0.15, 0.2) is 0 Å². The van der Waals surface area contributed by atoms with Crippen molar-refractivity contribution in [2.75, 3.05) is 13.1 Å². The van der Waals surface area contributed by atoms with Crippen molar-refractivity contribution in [2.45, 2.75) is 4.90 Å². The molecule has 0 fully saturated rings. The number of nitrogens with one attached hydrogen (secondary N) is 1. The van der Waals surface area contributed by atoms with Crippen LogP contribution in [0.3, 0.4) is 0 Å². The number of sulfonamides is 1. The van der Waals surface area contributed by atoms with Crippen LogP contribution >= 0.6 is 0 Å². The van der Waals surface area contributed by atoms with E-state index in [2.05, 4.69) is 14.7 Å². The SMILES string of the molecule is [N-]=[N+]=NCCNS(=O)(=O)c1ccc(F)cc1. The lowest BCUT2D eigenvalue weighted by Crippen LogP contribution is -2.26. The van der Waals surface area contributed by atoms with Gasteiger partial charge >= 0.3 is 0 Å². The van der Waals surface area contributed by atoms with E-state index in [1.165, 1.54) is 0 Å². The maximum atomic E-state index is 12.6. The zero-order valence-electron chi connectivity index (χ0n) is 8.17. The Morgan fingerprint density at radius 2 is 2.00 bits per heavy atom. The highest BCUT2D eigenvalue weighted by atomic mass is 32.2. The number of hydrogen-bond acceptors (Lipinski definition) is 3. The predicted octanol–water partition coefficient (Wildman–Crippen LogP) is 1.41. The molecule has 1 aromatic rings. The molecule has 6 nitrogen and oxygen atoms in total. The first-order chi connectivity index (χ1) is 7.56. The van der Waals surface area contributed by atoms with E-state index in [0.29, 0.717) is 0 Å². The molecule has 0 radical (unpaired) electrons. The Balaban J connectivity index is 2.70.